The number of urea groups is 1. The highest BCUT2D eigenvalue weighted by Crippen LogP contribution is 2.43. The van der Waals surface area contributed by atoms with Gasteiger partial charge in [-0.2, -0.15) is 18.4 Å². The fourth-order valence-electron chi connectivity index (χ4n) is 17.9. The van der Waals surface area contributed by atoms with Crippen LogP contribution in [0.3, 0.4) is 0 Å². The van der Waals surface area contributed by atoms with E-state index in [9.17, 15) is 63.2 Å². The van der Waals surface area contributed by atoms with Gasteiger partial charge in [0.1, 0.15) is 0 Å². The predicted octanol–water partition coefficient (Wildman–Crippen LogP) is 16.0. The molecule has 1 unspecified atom stereocenters. The molecule has 5 saturated heterocycles. The minimum absolute atomic E-state index is 0.0591. The Bertz CT molecular complexity index is 5970. The maximum atomic E-state index is 14.2. The molecule has 0 spiro atoms. The molecule has 5 aliphatic heterocycles. The third kappa shape index (κ3) is 28.4. The van der Waals surface area contributed by atoms with E-state index in [1.165, 1.54) is 18.7 Å². The Morgan fingerprint density at radius 3 is 1.77 bits per heavy atom. The SMILES string of the molecule is C#Cc1ccc(-c2ccc([C@@H]3CN(C)C[C@@H]3NS(=O)(=O)C(C)C)cc2)cc1.C#Cc1ccc(C(=O)N[C@@H]2CN(C(c3ccc(Cl)cc3)c3ccc(C#N)cc3)C[C@@H]2COC)cc1.CN(C(=O)C(C)(C)c1cc(C(C)(F)F)cc(C(F)(F)F)c1)[C@@H]1CN(C(=O)N2CCOCC2)C[C@H]1c1ccccc1.COCCCOc1cc(C(=O)N(C[C@H]2CNC[C@H]2NS(=O)(=O)c2ccc(C)cc2)C(C)C)ccc1OC. The van der Waals surface area contributed by atoms with E-state index in [1.54, 1.807) is 124 Å². The van der Waals surface area contributed by atoms with Crippen molar-refractivity contribution in [1.82, 2.24) is 49.5 Å². The molecule has 0 bridgehead atoms. The zero-order valence-corrected chi connectivity index (χ0v) is 83.1. The molecule has 5 heterocycles. The lowest BCUT2D eigenvalue weighted by atomic mass is 9.80. The number of ether oxygens (including phenoxy) is 5. The second-order valence-electron chi connectivity index (χ2n) is 36.8. The molecule has 9 aromatic rings. The van der Waals surface area contributed by atoms with Crippen molar-refractivity contribution in [3.05, 3.63) is 290 Å². The number of halogens is 6. The number of nitriles is 1. The summed E-state index contributed by atoms with van der Waals surface area (Å²) in [5, 5.41) is 15.9. The zero-order valence-electron chi connectivity index (χ0n) is 80.8. The molecule has 5 fully saturated rings. The van der Waals surface area contributed by atoms with Gasteiger partial charge >= 0.3 is 12.2 Å². The van der Waals surface area contributed by atoms with Crippen LogP contribution in [0.1, 0.15) is 155 Å². The largest absolute Gasteiger partial charge is 0.493 e. The predicted molar refractivity (Wildman–Crippen MR) is 530 cm³/mol. The molecule has 0 saturated carbocycles. The number of rotatable bonds is 30. The first kappa shape index (κ1) is 108. The van der Waals surface area contributed by atoms with Crippen LogP contribution >= 0.6 is 11.6 Å². The van der Waals surface area contributed by atoms with Crippen molar-refractivity contribution in [1.29, 1.82) is 5.26 Å². The topological polar surface area (TPSA) is 274 Å². The van der Waals surface area contributed by atoms with E-state index < -0.39 is 65.9 Å². The van der Waals surface area contributed by atoms with Crippen LogP contribution in [0.4, 0.5) is 26.7 Å². The van der Waals surface area contributed by atoms with Gasteiger partial charge in [-0.3, -0.25) is 19.3 Å². The zero-order chi connectivity index (χ0) is 101. The summed E-state index contributed by atoms with van der Waals surface area (Å²) in [7, 11) is 1.47. The fraction of sp³-hybridized carbons (Fsp3) is 0.411. The maximum Gasteiger partial charge on any atom is 0.416 e. The highest BCUT2D eigenvalue weighted by Gasteiger charge is 2.47. The number of carbonyl (C=O) groups excluding carboxylic acids is 4. The molecule has 32 heteroatoms. The van der Waals surface area contributed by atoms with Crippen LogP contribution < -0.4 is 29.6 Å². The van der Waals surface area contributed by atoms with Gasteiger partial charge in [-0.05, 0) is 204 Å². The second kappa shape index (κ2) is 48.5. The first-order valence-electron chi connectivity index (χ1n) is 46.3. The molecule has 4 N–H and O–H groups in total. The van der Waals surface area contributed by atoms with E-state index in [2.05, 4.69) is 72.1 Å². The van der Waals surface area contributed by atoms with Crippen molar-refractivity contribution in [3.63, 3.8) is 0 Å². The summed E-state index contributed by atoms with van der Waals surface area (Å²) in [5.41, 5.74) is 6.93. The first-order valence-corrected chi connectivity index (χ1v) is 49.7. The number of hydrogen-bond acceptors (Lipinski definition) is 17. The highest BCUT2D eigenvalue weighted by molar-refractivity contribution is 7.90. The van der Waals surface area contributed by atoms with E-state index in [1.807, 2.05) is 131 Å². The molecule has 139 heavy (non-hydrogen) atoms. The summed E-state index contributed by atoms with van der Waals surface area (Å²) < 4.78 is 153. The first-order chi connectivity index (χ1) is 66.1. The summed E-state index contributed by atoms with van der Waals surface area (Å²) in [5.74, 6) is 1.80. The smallest absolute Gasteiger partial charge is 0.416 e. The molecule has 5 amide bonds. The standard InChI is InChI=1S/C29H26ClN3O2.C29H34F5N3O3.C27H39N3O6S.C22H26N2O2S/c1-3-20-4-10-24(11-5-20)29(34)32-27-18-33(17-25(27)19-35-2)28(23-12-14-26(30)15-13-23)22-8-6-21(16-31)7-9-22;1-27(2,20-14-21(28(3,30)31)16-22(15-20)29(32,33)34)25(38)35(4)24-18-37(26(39)36-10-12-40-13-11-36)17-23(24)19-8-6-5-7-9-19;1-19(2)30(27(31)21-9-12-25(35-5)26(15-21)36-14-6-13-34-4)18-22-16-28-17-24(22)29-37(32,33)23-10-7-20(3)8-11-23;1-5-17-6-8-18(9-7-17)19-10-12-20(13-11-19)21-14-24(4)15-22(21)23-27(25,26)16(2)3/h1,4-15,25,27-28H,17-19H2,2H3,(H,32,34);5-9,14-16,23-24H,10-13,17-18H2,1-4H3;7-12,15,19,22,24,28-29H,6,13-14,16-18H2,1-5H3;1,6-13,16,21-23H,14-15H2,2-4H3/t25-,27-,28?;23-,24+;22-,24-;21-,22-/m1010/s1. The van der Waals surface area contributed by atoms with E-state index in [4.69, 9.17) is 48.1 Å². The van der Waals surface area contributed by atoms with E-state index in [0.29, 0.717) is 138 Å². The van der Waals surface area contributed by atoms with Crippen LogP contribution in [0, 0.1) is 54.8 Å². The molecule has 14 rings (SSSR count). The lowest BCUT2D eigenvalue weighted by Crippen LogP contribution is -2.50. The number of likely N-dealkylation sites (N-methyl/N-ethyl adjacent to an activating group) is 2. The van der Waals surface area contributed by atoms with Crippen LogP contribution in [0.15, 0.2) is 217 Å². The van der Waals surface area contributed by atoms with E-state index >= 15 is 0 Å². The molecule has 0 aliphatic carbocycles. The molecule has 5 aliphatic rings. The number of aryl methyl sites for hydroxylation is 1. The summed E-state index contributed by atoms with van der Waals surface area (Å²) in [6.07, 6.45) is 6.69. The lowest BCUT2D eigenvalue weighted by molar-refractivity contribution is -0.139. The number of terminal acetylenes is 2. The maximum absolute atomic E-state index is 14.2. The number of morpholine rings is 1. The Balaban J connectivity index is 0.000000179. The Kier molecular flexibility index (Phi) is 37.6. The second-order valence-corrected chi connectivity index (χ2v) is 41.2. The summed E-state index contributed by atoms with van der Waals surface area (Å²) in [6, 6.07) is 63.1. The number of likely N-dealkylation sites (tertiary alicyclic amines) is 3. The third-order valence-electron chi connectivity index (χ3n) is 25.9. The third-order valence-corrected chi connectivity index (χ3v) is 29.5. The number of benzene rings is 9. The van der Waals surface area contributed by atoms with Crippen molar-refractivity contribution in [2.24, 2.45) is 11.8 Å². The van der Waals surface area contributed by atoms with Gasteiger partial charge in [0.15, 0.2) is 11.5 Å². The average molecular weight is 1970 g/mol. The molecule has 0 radical (unpaired) electrons. The number of methoxy groups -OCH3 is 3. The van der Waals surface area contributed by atoms with Gasteiger partial charge in [-0.25, -0.2) is 39.9 Å². The Hall–Kier alpha value is -11.6. The highest BCUT2D eigenvalue weighted by atomic mass is 35.5. The summed E-state index contributed by atoms with van der Waals surface area (Å²) >= 11 is 6.16. The average Bonchev–Trinajstić information content (AvgIpc) is 1.72. The van der Waals surface area contributed by atoms with Crippen molar-refractivity contribution in [3.8, 4) is 53.4 Å². The van der Waals surface area contributed by atoms with Gasteiger partial charge < -0.3 is 58.8 Å². The normalized spacial score (nSPS) is 19.3. The van der Waals surface area contributed by atoms with Crippen LogP contribution in [0.25, 0.3) is 11.1 Å². The fourth-order valence-corrected chi connectivity index (χ4v) is 20.2. The lowest BCUT2D eigenvalue weighted by Gasteiger charge is -2.36. The van der Waals surface area contributed by atoms with Crippen molar-refractivity contribution in [2.45, 2.75) is 138 Å². The number of nitrogens with zero attached hydrogens (tertiary/aromatic N) is 7. The number of nitrogens with one attached hydrogen (secondary N) is 4. The quantitative estimate of drug-likeness (QED) is 0.0185. The minimum Gasteiger partial charge on any atom is -0.493 e. The molecule has 9 atom stereocenters. The van der Waals surface area contributed by atoms with Gasteiger partial charge in [-0.15, -0.1) is 12.8 Å². The van der Waals surface area contributed by atoms with Gasteiger partial charge in [0, 0.05) is 194 Å². The number of carbonyl (C=O) groups is 4. The minimum atomic E-state index is -4.87. The summed E-state index contributed by atoms with van der Waals surface area (Å²) in [6.45, 7) is 21.0. The van der Waals surface area contributed by atoms with Crippen LogP contribution in [0.5, 0.6) is 11.5 Å². The Morgan fingerprint density at radius 2 is 1.19 bits per heavy atom. The van der Waals surface area contributed by atoms with Gasteiger partial charge in [0.05, 0.1) is 78.4 Å². The molecular formula is C107H125ClF5N11O13S2. The Labute approximate surface area is 819 Å². The molecule has 24 nitrogen and oxygen atoms in total. The Morgan fingerprint density at radius 1 is 0.612 bits per heavy atom. The number of alkyl halides is 5. The number of amides is 5. The molecule has 740 valence electrons. The van der Waals surface area contributed by atoms with Crippen molar-refractivity contribution in [2.75, 3.05) is 140 Å². The van der Waals surface area contributed by atoms with Crippen LogP contribution in [-0.2, 0) is 56.6 Å². The van der Waals surface area contributed by atoms with Crippen molar-refractivity contribution < 1.29 is 81.7 Å². The molecular weight excluding hydrogens is 1840 g/mol. The van der Waals surface area contributed by atoms with Gasteiger partial charge in [0.2, 0.25) is 26.0 Å². The van der Waals surface area contributed by atoms with Crippen LogP contribution in [0.2, 0.25) is 5.02 Å². The van der Waals surface area contributed by atoms with E-state index in [0.717, 1.165) is 75.3 Å². The van der Waals surface area contributed by atoms with Crippen molar-refractivity contribution >= 4 is 55.4 Å². The van der Waals surface area contributed by atoms with Gasteiger partial charge in [-0.1, -0.05) is 132 Å². The number of hydrogen-bond donors (Lipinski definition) is 4. The van der Waals surface area contributed by atoms with Gasteiger partial charge in [0.25, 0.3) is 17.7 Å². The summed E-state index contributed by atoms with van der Waals surface area (Å²) in [4.78, 5) is 65.2. The molecule has 9 aromatic carbocycles. The number of sulfonamides is 2. The molecule has 0 aromatic heterocycles. The van der Waals surface area contributed by atoms with Crippen LogP contribution in [-0.4, -0.2) is 246 Å². The van der Waals surface area contributed by atoms with E-state index in [-0.39, 0.29) is 88.7 Å². The monoisotopic (exact) mass is 1970 g/mol.